The van der Waals surface area contributed by atoms with Crippen molar-refractivity contribution in [2.45, 2.75) is 71.1 Å². The Kier molecular flexibility index (Phi) is 11.2. The molecule has 5 atom stereocenters. The molecule has 5 unspecified atom stereocenters. The molecule has 9 N–H and O–H groups in total. The Hall–Kier alpha value is -3.48. The predicted octanol–water partition coefficient (Wildman–Crippen LogP) is -1.60. The molecular formula is C21H35N7O6. The van der Waals surface area contributed by atoms with Crippen LogP contribution >= 0.6 is 0 Å². The van der Waals surface area contributed by atoms with E-state index >= 15 is 0 Å². The van der Waals surface area contributed by atoms with Crippen molar-refractivity contribution >= 4 is 29.6 Å². The molecule has 0 aliphatic heterocycles. The van der Waals surface area contributed by atoms with E-state index in [0.717, 1.165) is 0 Å². The minimum absolute atomic E-state index is 0.164. The van der Waals surface area contributed by atoms with Crippen molar-refractivity contribution in [1.29, 1.82) is 0 Å². The van der Waals surface area contributed by atoms with Gasteiger partial charge in [-0.3, -0.25) is 19.2 Å². The standard InChI is InChI=1S/C21H35N7O6/c1-5-11(4)17(21(33)34)28-19(31)14(7-15(23)29)26-20(32)16(10(2)3)27-18(30)13(22)6-12-8-24-9-25-12/h8-11,13-14,16-17H,5-7,22H2,1-4H3,(H2,23,29)(H,24,25)(H,26,32)(H,27,30)(H,28,31)(H,33,34). The van der Waals surface area contributed by atoms with Crippen molar-refractivity contribution in [2.75, 3.05) is 0 Å². The van der Waals surface area contributed by atoms with E-state index in [4.69, 9.17) is 11.5 Å². The highest BCUT2D eigenvalue weighted by Crippen LogP contribution is 2.10. The van der Waals surface area contributed by atoms with Gasteiger partial charge in [0, 0.05) is 18.3 Å². The fourth-order valence-electron chi connectivity index (χ4n) is 3.13. The van der Waals surface area contributed by atoms with Crippen molar-refractivity contribution in [3.63, 3.8) is 0 Å². The van der Waals surface area contributed by atoms with E-state index in [0.29, 0.717) is 12.1 Å². The molecule has 0 radical (unpaired) electrons. The van der Waals surface area contributed by atoms with Crippen LogP contribution in [-0.4, -0.2) is 68.8 Å². The maximum atomic E-state index is 12.9. The normalized spacial score (nSPS) is 15.5. The predicted molar refractivity (Wildman–Crippen MR) is 122 cm³/mol. The maximum Gasteiger partial charge on any atom is 0.326 e. The Morgan fingerprint density at radius 2 is 1.65 bits per heavy atom. The van der Waals surface area contributed by atoms with Gasteiger partial charge in [0.15, 0.2) is 0 Å². The van der Waals surface area contributed by atoms with Gasteiger partial charge in [-0.15, -0.1) is 0 Å². The average molecular weight is 482 g/mol. The zero-order valence-corrected chi connectivity index (χ0v) is 19.8. The van der Waals surface area contributed by atoms with Crippen LogP contribution in [0.15, 0.2) is 12.5 Å². The van der Waals surface area contributed by atoms with E-state index in [9.17, 15) is 29.1 Å². The molecule has 0 spiro atoms. The minimum atomic E-state index is -1.42. The number of aromatic amines is 1. The number of hydrogen-bond acceptors (Lipinski definition) is 7. The smallest absolute Gasteiger partial charge is 0.326 e. The molecule has 4 amide bonds. The third-order valence-corrected chi connectivity index (χ3v) is 5.39. The van der Waals surface area contributed by atoms with Gasteiger partial charge in [0.25, 0.3) is 0 Å². The molecular weight excluding hydrogens is 446 g/mol. The molecule has 1 aromatic heterocycles. The molecule has 0 aromatic carbocycles. The molecule has 0 saturated heterocycles. The lowest BCUT2D eigenvalue weighted by atomic mass is 9.98. The number of H-pyrrole nitrogens is 1. The number of hydrogen-bond donors (Lipinski definition) is 7. The Morgan fingerprint density at radius 1 is 1.03 bits per heavy atom. The number of carbonyl (C=O) groups excluding carboxylic acids is 4. The molecule has 1 heterocycles. The molecule has 190 valence electrons. The summed E-state index contributed by atoms with van der Waals surface area (Å²) in [5, 5.41) is 16.7. The SMILES string of the molecule is CCC(C)C(NC(=O)C(CC(N)=O)NC(=O)C(NC(=O)C(N)Cc1cnc[nH]1)C(C)C)C(=O)O. The van der Waals surface area contributed by atoms with Gasteiger partial charge < -0.3 is 37.5 Å². The van der Waals surface area contributed by atoms with E-state index in [2.05, 4.69) is 25.9 Å². The fourth-order valence-corrected chi connectivity index (χ4v) is 3.13. The van der Waals surface area contributed by atoms with E-state index in [1.165, 1.54) is 12.5 Å². The maximum absolute atomic E-state index is 12.9. The summed E-state index contributed by atoms with van der Waals surface area (Å²) < 4.78 is 0. The summed E-state index contributed by atoms with van der Waals surface area (Å²) >= 11 is 0. The first-order valence-corrected chi connectivity index (χ1v) is 11.0. The number of imidazole rings is 1. The van der Waals surface area contributed by atoms with E-state index in [1.54, 1.807) is 27.7 Å². The molecule has 0 aliphatic rings. The summed E-state index contributed by atoms with van der Waals surface area (Å²) in [6.45, 7) is 6.77. The van der Waals surface area contributed by atoms with Crippen molar-refractivity contribution in [1.82, 2.24) is 25.9 Å². The first-order chi connectivity index (χ1) is 15.9. The van der Waals surface area contributed by atoms with Crippen LogP contribution in [-0.2, 0) is 30.4 Å². The van der Waals surface area contributed by atoms with Gasteiger partial charge in [0.1, 0.15) is 18.1 Å². The molecule has 34 heavy (non-hydrogen) atoms. The number of carboxylic acid groups (broad SMARTS) is 1. The number of primary amides is 1. The van der Waals surface area contributed by atoms with Gasteiger partial charge in [-0.2, -0.15) is 0 Å². The second-order valence-corrected chi connectivity index (χ2v) is 8.56. The lowest BCUT2D eigenvalue weighted by Crippen LogP contribution is -2.59. The van der Waals surface area contributed by atoms with Crippen LogP contribution in [0.3, 0.4) is 0 Å². The molecule has 1 aromatic rings. The lowest BCUT2D eigenvalue weighted by molar-refractivity contribution is -0.144. The van der Waals surface area contributed by atoms with Crippen LogP contribution in [0.4, 0.5) is 0 Å². The number of nitrogens with zero attached hydrogens (tertiary/aromatic N) is 1. The van der Waals surface area contributed by atoms with Crippen LogP contribution in [0, 0.1) is 11.8 Å². The molecule has 0 saturated carbocycles. The monoisotopic (exact) mass is 481 g/mol. The number of aliphatic carboxylic acids is 1. The van der Waals surface area contributed by atoms with Gasteiger partial charge >= 0.3 is 5.97 Å². The first-order valence-electron chi connectivity index (χ1n) is 11.0. The van der Waals surface area contributed by atoms with Crippen molar-refractivity contribution in [3.05, 3.63) is 18.2 Å². The minimum Gasteiger partial charge on any atom is -0.480 e. The zero-order valence-electron chi connectivity index (χ0n) is 19.8. The summed E-state index contributed by atoms with van der Waals surface area (Å²) in [4.78, 5) is 68.0. The molecule has 13 nitrogen and oxygen atoms in total. The summed E-state index contributed by atoms with van der Waals surface area (Å²) in [5.41, 5.74) is 11.8. The van der Waals surface area contributed by atoms with Gasteiger partial charge in [0.05, 0.1) is 18.8 Å². The third-order valence-electron chi connectivity index (χ3n) is 5.39. The number of carbonyl (C=O) groups is 5. The molecule has 13 heteroatoms. The highest BCUT2D eigenvalue weighted by atomic mass is 16.4. The van der Waals surface area contributed by atoms with Crippen molar-refractivity contribution in [2.24, 2.45) is 23.3 Å². The summed E-state index contributed by atoms with van der Waals surface area (Å²) in [6.07, 6.45) is 3.06. The number of nitrogens with two attached hydrogens (primary N) is 2. The fraction of sp³-hybridized carbons (Fsp3) is 0.619. The highest BCUT2D eigenvalue weighted by molar-refractivity contribution is 5.96. The summed E-state index contributed by atoms with van der Waals surface area (Å²) in [6, 6.07) is -4.68. The number of rotatable bonds is 14. The van der Waals surface area contributed by atoms with Crippen LogP contribution in [0.25, 0.3) is 0 Å². The van der Waals surface area contributed by atoms with Crippen molar-refractivity contribution < 1.29 is 29.1 Å². The number of nitrogens with one attached hydrogen (secondary N) is 4. The lowest BCUT2D eigenvalue weighted by Gasteiger charge is -2.27. The Bertz CT molecular complexity index is 858. The highest BCUT2D eigenvalue weighted by Gasteiger charge is 2.33. The number of amides is 4. The van der Waals surface area contributed by atoms with Crippen LogP contribution < -0.4 is 27.4 Å². The Morgan fingerprint density at radius 3 is 2.12 bits per heavy atom. The van der Waals surface area contributed by atoms with Crippen LogP contribution in [0.1, 0.15) is 46.2 Å². The van der Waals surface area contributed by atoms with Crippen molar-refractivity contribution in [3.8, 4) is 0 Å². The Labute approximate surface area is 197 Å². The number of carboxylic acids is 1. The van der Waals surface area contributed by atoms with Gasteiger partial charge in [-0.05, 0) is 11.8 Å². The van der Waals surface area contributed by atoms with Gasteiger partial charge in [0.2, 0.25) is 23.6 Å². The van der Waals surface area contributed by atoms with E-state index in [1.807, 2.05) is 0 Å². The average Bonchev–Trinajstić information content (AvgIpc) is 3.26. The second-order valence-electron chi connectivity index (χ2n) is 8.56. The van der Waals surface area contributed by atoms with Gasteiger partial charge in [-0.25, -0.2) is 9.78 Å². The van der Waals surface area contributed by atoms with Gasteiger partial charge in [-0.1, -0.05) is 34.1 Å². The number of aromatic nitrogens is 2. The zero-order chi connectivity index (χ0) is 26.0. The quantitative estimate of drug-likeness (QED) is 0.163. The first kappa shape index (κ1) is 28.6. The Balaban J connectivity index is 2.93. The summed E-state index contributed by atoms with van der Waals surface area (Å²) in [7, 11) is 0. The topological polar surface area (TPSA) is 222 Å². The second kappa shape index (κ2) is 13.3. The molecule has 0 fully saturated rings. The van der Waals surface area contributed by atoms with Crippen LogP contribution in [0.2, 0.25) is 0 Å². The third kappa shape index (κ3) is 8.81. The summed E-state index contributed by atoms with van der Waals surface area (Å²) in [5.74, 6) is -5.12. The van der Waals surface area contributed by atoms with E-state index < -0.39 is 72.0 Å². The van der Waals surface area contributed by atoms with Crippen LogP contribution in [0.5, 0.6) is 0 Å². The van der Waals surface area contributed by atoms with E-state index in [-0.39, 0.29) is 6.42 Å². The molecule has 0 bridgehead atoms. The molecule has 0 aliphatic carbocycles. The largest absolute Gasteiger partial charge is 0.480 e. The molecule has 1 rings (SSSR count).